The van der Waals surface area contributed by atoms with Gasteiger partial charge in [0.2, 0.25) is 0 Å². The van der Waals surface area contributed by atoms with Crippen LogP contribution < -0.4 is 0 Å². The largest absolute Gasteiger partial charge is 0.143 e. The van der Waals surface area contributed by atoms with Gasteiger partial charge in [-0.1, -0.05) is 39.7 Å². The molecule has 1 aliphatic rings. The van der Waals surface area contributed by atoms with Gasteiger partial charge in [-0.05, 0) is 36.7 Å². The molecule has 4 heteroatoms. The summed E-state index contributed by atoms with van der Waals surface area (Å²) in [5.41, 5.74) is 1.18. The first kappa shape index (κ1) is 10.6. The lowest BCUT2D eigenvalue weighted by atomic mass is 9.95. The first-order valence-electron chi connectivity index (χ1n) is 5.24. The van der Waals surface area contributed by atoms with E-state index < -0.39 is 0 Å². The number of alkyl halides is 1. The van der Waals surface area contributed by atoms with Crippen molar-refractivity contribution in [2.45, 2.75) is 43.4 Å². The SMILES string of the molecule is BrC1CCCCC(Cc2csnn2)C1. The molecule has 2 atom stereocenters. The van der Waals surface area contributed by atoms with Crippen molar-refractivity contribution in [3.8, 4) is 0 Å². The molecule has 0 bridgehead atoms. The summed E-state index contributed by atoms with van der Waals surface area (Å²) in [5.74, 6) is 0.811. The predicted octanol–water partition coefficient (Wildman–Crippen LogP) is 3.42. The number of aromatic nitrogens is 2. The van der Waals surface area contributed by atoms with E-state index in [4.69, 9.17) is 0 Å². The van der Waals surface area contributed by atoms with Crippen molar-refractivity contribution in [2.75, 3.05) is 0 Å². The highest BCUT2D eigenvalue weighted by molar-refractivity contribution is 9.09. The van der Waals surface area contributed by atoms with E-state index >= 15 is 0 Å². The quantitative estimate of drug-likeness (QED) is 0.610. The zero-order valence-corrected chi connectivity index (χ0v) is 10.6. The number of nitrogens with zero attached hydrogens (tertiary/aromatic N) is 2. The Balaban J connectivity index is 1.90. The maximum absolute atomic E-state index is 4.12. The molecule has 0 radical (unpaired) electrons. The molecule has 1 saturated carbocycles. The molecule has 0 spiro atoms. The van der Waals surface area contributed by atoms with E-state index in [0.717, 1.165) is 17.2 Å². The molecule has 0 saturated heterocycles. The van der Waals surface area contributed by atoms with Crippen molar-refractivity contribution < 1.29 is 0 Å². The Morgan fingerprint density at radius 1 is 1.43 bits per heavy atom. The van der Waals surface area contributed by atoms with Crippen molar-refractivity contribution in [2.24, 2.45) is 5.92 Å². The second-order valence-electron chi connectivity index (χ2n) is 4.08. The summed E-state index contributed by atoms with van der Waals surface area (Å²) in [6.07, 6.45) is 7.88. The van der Waals surface area contributed by atoms with E-state index in [1.54, 1.807) is 0 Å². The highest BCUT2D eigenvalue weighted by atomic mass is 79.9. The average Bonchev–Trinajstić information content (AvgIpc) is 2.56. The maximum Gasteiger partial charge on any atom is 0.0758 e. The fourth-order valence-electron chi connectivity index (χ4n) is 2.15. The van der Waals surface area contributed by atoms with Gasteiger partial charge in [0.1, 0.15) is 0 Å². The van der Waals surface area contributed by atoms with E-state index in [1.807, 2.05) is 0 Å². The number of halogens is 1. The van der Waals surface area contributed by atoms with Gasteiger partial charge in [-0.25, -0.2) is 0 Å². The highest BCUT2D eigenvalue weighted by Gasteiger charge is 2.19. The highest BCUT2D eigenvalue weighted by Crippen LogP contribution is 2.29. The molecule has 0 N–H and O–H groups in total. The van der Waals surface area contributed by atoms with Crippen LogP contribution in [0.3, 0.4) is 0 Å². The molecule has 78 valence electrons. The van der Waals surface area contributed by atoms with Gasteiger partial charge in [-0.3, -0.25) is 0 Å². The number of hydrogen-bond donors (Lipinski definition) is 0. The molecule has 2 unspecified atom stereocenters. The van der Waals surface area contributed by atoms with Gasteiger partial charge in [0, 0.05) is 10.2 Å². The van der Waals surface area contributed by atoms with Crippen molar-refractivity contribution in [1.29, 1.82) is 0 Å². The molecule has 1 heterocycles. The van der Waals surface area contributed by atoms with Crippen LogP contribution in [0.15, 0.2) is 5.38 Å². The van der Waals surface area contributed by atoms with Crippen molar-refractivity contribution in [1.82, 2.24) is 9.59 Å². The first-order chi connectivity index (χ1) is 6.84. The van der Waals surface area contributed by atoms with Crippen molar-refractivity contribution >= 4 is 27.5 Å². The third-order valence-corrected chi connectivity index (χ3v) is 4.26. The predicted molar refractivity (Wildman–Crippen MR) is 62.9 cm³/mol. The monoisotopic (exact) mass is 274 g/mol. The molecular formula is C10H15BrN2S. The summed E-state index contributed by atoms with van der Waals surface area (Å²) < 4.78 is 3.91. The molecular weight excluding hydrogens is 260 g/mol. The second-order valence-corrected chi connectivity index (χ2v) is 5.99. The molecule has 14 heavy (non-hydrogen) atoms. The Kier molecular flexibility index (Phi) is 3.93. The topological polar surface area (TPSA) is 25.8 Å². The summed E-state index contributed by atoms with van der Waals surface area (Å²) >= 11 is 5.21. The van der Waals surface area contributed by atoms with Crippen molar-refractivity contribution in [3.05, 3.63) is 11.1 Å². The molecule has 1 aromatic rings. The average molecular weight is 275 g/mol. The van der Waals surface area contributed by atoms with E-state index in [-0.39, 0.29) is 0 Å². The Labute approximate surface area is 97.4 Å². The van der Waals surface area contributed by atoms with E-state index in [0.29, 0.717) is 0 Å². The molecule has 2 rings (SSSR count). The summed E-state index contributed by atoms with van der Waals surface area (Å²) in [6.45, 7) is 0. The minimum Gasteiger partial charge on any atom is -0.143 e. The van der Waals surface area contributed by atoms with E-state index in [9.17, 15) is 0 Å². The molecule has 0 amide bonds. The van der Waals surface area contributed by atoms with E-state index in [2.05, 4.69) is 30.9 Å². The Morgan fingerprint density at radius 2 is 2.29 bits per heavy atom. The van der Waals surface area contributed by atoms with E-state index in [1.165, 1.54) is 49.3 Å². The second kappa shape index (κ2) is 5.21. The summed E-state index contributed by atoms with van der Waals surface area (Å²) in [7, 11) is 0. The van der Waals surface area contributed by atoms with Crippen LogP contribution >= 0.6 is 27.5 Å². The van der Waals surface area contributed by atoms with Gasteiger partial charge >= 0.3 is 0 Å². The van der Waals surface area contributed by atoms with Gasteiger partial charge < -0.3 is 0 Å². The van der Waals surface area contributed by atoms with Gasteiger partial charge in [-0.15, -0.1) is 5.10 Å². The van der Waals surface area contributed by atoms with Crippen LogP contribution in [0.2, 0.25) is 0 Å². The van der Waals surface area contributed by atoms with Gasteiger partial charge in [0.15, 0.2) is 0 Å². The Morgan fingerprint density at radius 3 is 3.07 bits per heavy atom. The third kappa shape index (κ3) is 3.02. The number of hydrogen-bond acceptors (Lipinski definition) is 3. The molecule has 0 aliphatic heterocycles. The lowest BCUT2D eigenvalue weighted by molar-refractivity contribution is 0.458. The lowest BCUT2D eigenvalue weighted by Crippen LogP contribution is -2.08. The fourth-order valence-corrected chi connectivity index (χ4v) is 3.47. The van der Waals surface area contributed by atoms with Gasteiger partial charge in [-0.2, -0.15) is 0 Å². The van der Waals surface area contributed by atoms with Crippen LogP contribution in [0.4, 0.5) is 0 Å². The Bertz CT molecular complexity index is 263. The summed E-state index contributed by atoms with van der Waals surface area (Å²) in [5, 5.41) is 6.20. The standard InChI is InChI=1S/C10H15BrN2S/c11-9-4-2-1-3-8(5-9)6-10-7-14-13-12-10/h7-9H,1-6H2. The molecule has 1 aliphatic carbocycles. The zero-order chi connectivity index (χ0) is 9.80. The van der Waals surface area contributed by atoms with Crippen LogP contribution in [0.1, 0.15) is 37.8 Å². The summed E-state index contributed by atoms with van der Waals surface area (Å²) in [4.78, 5) is 0.724. The molecule has 2 nitrogen and oxygen atoms in total. The van der Waals surface area contributed by atoms with Crippen LogP contribution in [0, 0.1) is 5.92 Å². The van der Waals surface area contributed by atoms with Gasteiger partial charge in [0.05, 0.1) is 5.69 Å². The molecule has 1 aromatic heterocycles. The maximum atomic E-state index is 4.12. The van der Waals surface area contributed by atoms with Crippen LogP contribution in [-0.2, 0) is 6.42 Å². The van der Waals surface area contributed by atoms with Crippen LogP contribution in [0.5, 0.6) is 0 Å². The minimum atomic E-state index is 0.724. The minimum absolute atomic E-state index is 0.724. The summed E-state index contributed by atoms with van der Waals surface area (Å²) in [6, 6.07) is 0. The van der Waals surface area contributed by atoms with Crippen LogP contribution in [0.25, 0.3) is 0 Å². The van der Waals surface area contributed by atoms with Gasteiger partial charge in [0.25, 0.3) is 0 Å². The zero-order valence-electron chi connectivity index (χ0n) is 8.16. The fraction of sp³-hybridized carbons (Fsp3) is 0.800. The molecule has 0 aromatic carbocycles. The molecule has 1 fully saturated rings. The Hall–Kier alpha value is 0.0400. The first-order valence-corrected chi connectivity index (χ1v) is 7.00. The number of rotatable bonds is 2. The van der Waals surface area contributed by atoms with Crippen LogP contribution in [-0.4, -0.2) is 14.4 Å². The third-order valence-electron chi connectivity index (χ3n) is 2.87. The lowest BCUT2D eigenvalue weighted by Gasteiger charge is -2.14. The normalized spacial score (nSPS) is 28.6. The smallest absolute Gasteiger partial charge is 0.0758 e. The van der Waals surface area contributed by atoms with Crippen molar-refractivity contribution in [3.63, 3.8) is 0 Å².